The number of hydrogen-bond acceptors (Lipinski definition) is 6. The van der Waals surface area contributed by atoms with E-state index in [0.29, 0.717) is 24.3 Å². The zero-order chi connectivity index (χ0) is 26.2. The number of ether oxygens (including phenoxy) is 3. The van der Waals surface area contributed by atoms with Gasteiger partial charge in [0.1, 0.15) is 29.6 Å². The summed E-state index contributed by atoms with van der Waals surface area (Å²) in [6, 6.07) is 16.8. The number of benzene rings is 3. The van der Waals surface area contributed by atoms with Crippen molar-refractivity contribution in [3.05, 3.63) is 87.8 Å². The van der Waals surface area contributed by atoms with Crippen LogP contribution >= 0.6 is 0 Å². The maximum atomic E-state index is 14.2. The third-order valence-corrected chi connectivity index (χ3v) is 6.43. The molecule has 37 heavy (non-hydrogen) atoms. The summed E-state index contributed by atoms with van der Waals surface area (Å²) < 4.78 is 64.7. The SMILES string of the molecule is COc1ccccc1CCN1COc2ccc3c(=O)c(-c4ccccc4OC)c(C(F)(F)F)oc3c2C1. The van der Waals surface area contributed by atoms with Gasteiger partial charge in [-0.1, -0.05) is 36.4 Å². The molecule has 0 radical (unpaired) electrons. The highest BCUT2D eigenvalue weighted by Gasteiger charge is 2.40. The van der Waals surface area contributed by atoms with Gasteiger partial charge in [-0.15, -0.1) is 0 Å². The lowest BCUT2D eigenvalue weighted by Gasteiger charge is -2.29. The number of rotatable bonds is 6. The van der Waals surface area contributed by atoms with E-state index in [1.54, 1.807) is 25.3 Å². The number of alkyl halides is 3. The summed E-state index contributed by atoms with van der Waals surface area (Å²) in [5.41, 5.74) is -0.0796. The molecule has 1 aromatic heterocycles. The first kappa shape index (κ1) is 24.7. The van der Waals surface area contributed by atoms with Crippen molar-refractivity contribution in [3.8, 4) is 28.4 Å². The highest BCUT2D eigenvalue weighted by Crippen LogP contribution is 2.42. The predicted molar refractivity (Wildman–Crippen MR) is 132 cm³/mol. The summed E-state index contributed by atoms with van der Waals surface area (Å²) >= 11 is 0. The topological polar surface area (TPSA) is 61.1 Å². The fourth-order valence-corrected chi connectivity index (χ4v) is 4.64. The molecule has 0 fully saturated rings. The van der Waals surface area contributed by atoms with Crippen molar-refractivity contribution in [2.45, 2.75) is 19.1 Å². The second-order valence-electron chi connectivity index (χ2n) is 8.64. The summed E-state index contributed by atoms with van der Waals surface area (Å²) in [6.45, 7) is 1.07. The molecule has 0 atom stereocenters. The smallest absolute Gasteiger partial charge is 0.450 e. The van der Waals surface area contributed by atoms with Crippen molar-refractivity contribution in [1.29, 1.82) is 0 Å². The average Bonchev–Trinajstić information content (AvgIpc) is 2.91. The molecule has 1 aliphatic heterocycles. The molecule has 3 aromatic carbocycles. The van der Waals surface area contributed by atoms with Gasteiger partial charge in [0.2, 0.25) is 11.2 Å². The Hall–Kier alpha value is -3.98. The molecule has 0 saturated carbocycles. The molecule has 0 bridgehead atoms. The minimum absolute atomic E-state index is 0.0142. The van der Waals surface area contributed by atoms with Gasteiger partial charge >= 0.3 is 6.18 Å². The molecule has 0 amide bonds. The van der Waals surface area contributed by atoms with Gasteiger partial charge in [0.25, 0.3) is 0 Å². The quantitative estimate of drug-likeness (QED) is 0.322. The van der Waals surface area contributed by atoms with E-state index in [9.17, 15) is 18.0 Å². The zero-order valence-electron chi connectivity index (χ0n) is 20.2. The van der Waals surface area contributed by atoms with Crippen molar-refractivity contribution in [2.24, 2.45) is 0 Å². The molecule has 192 valence electrons. The van der Waals surface area contributed by atoms with E-state index in [1.165, 1.54) is 25.3 Å². The number of halogens is 3. The van der Waals surface area contributed by atoms with E-state index >= 15 is 0 Å². The minimum atomic E-state index is -4.91. The standard InChI is InChI=1S/C28H24F3NO5/c1-34-21-9-5-3-7-17(21)13-14-32-15-20-23(36-16-32)12-11-19-25(33)24(18-8-4-6-10-22(18)35-2)27(28(29,30)31)37-26(19)20/h3-12H,13-16H2,1-2H3. The highest BCUT2D eigenvalue weighted by atomic mass is 19.4. The third-order valence-electron chi connectivity index (χ3n) is 6.43. The van der Waals surface area contributed by atoms with E-state index in [4.69, 9.17) is 18.6 Å². The molecule has 0 aliphatic carbocycles. The van der Waals surface area contributed by atoms with Crippen LogP contribution in [0.2, 0.25) is 0 Å². The number of hydrogen-bond donors (Lipinski definition) is 0. The molecular formula is C28H24F3NO5. The van der Waals surface area contributed by atoms with Gasteiger partial charge in [-0.3, -0.25) is 9.69 Å². The molecule has 9 heteroatoms. The van der Waals surface area contributed by atoms with Crippen LogP contribution in [0.15, 0.2) is 69.9 Å². The Morgan fingerprint density at radius 2 is 1.65 bits per heavy atom. The number of methoxy groups -OCH3 is 2. The number of para-hydroxylation sites is 2. The highest BCUT2D eigenvalue weighted by molar-refractivity contribution is 5.88. The molecule has 0 N–H and O–H groups in total. The Balaban J connectivity index is 1.58. The van der Waals surface area contributed by atoms with Crippen LogP contribution in [0.25, 0.3) is 22.1 Å². The molecule has 1 aliphatic rings. The van der Waals surface area contributed by atoms with Gasteiger partial charge in [0.15, 0.2) is 0 Å². The lowest BCUT2D eigenvalue weighted by Crippen LogP contribution is -2.34. The molecule has 0 spiro atoms. The van der Waals surface area contributed by atoms with Gasteiger partial charge in [-0.25, -0.2) is 0 Å². The summed E-state index contributed by atoms with van der Waals surface area (Å²) in [5.74, 6) is -0.0733. The molecule has 6 nitrogen and oxygen atoms in total. The lowest BCUT2D eigenvalue weighted by atomic mass is 9.99. The maximum absolute atomic E-state index is 14.2. The van der Waals surface area contributed by atoms with Crippen LogP contribution < -0.4 is 19.6 Å². The Morgan fingerprint density at radius 1 is 0.946 bits per heavy atom. The molecule has 2 heterocycles. The molecule has 5 rings (SSSR count). The fourth-order valence-electron chi connectivity index (χ4n) is 4.64. The summed E-state index contributed by atoms with van der Waals surface area (Å²) in [6.07, 6.45) is -4.27. The van der Waals surface area contributed by atoms with Crippen LogP contribution in [0.1, 0.15) is 16.9 Å². The van der Waals surface area contributed by atoms with Crippen LogP contribution in [-0.2, 0) is 19.1 Å². The summed E-state index contributed by atoms with van der Waals surface area (Å²) in [5, 5.41) is 0.0443. The van der Waals surface area contributed by atoms with Crippen LogP contribution in [0.3, 0.4) is 0 Å². The zero-order valence-corrected chi connectivity index (χ0v) is 20.2. The van der Waals surface area contributed by atoms with Gasteiger partial charge < -0.3 is 18.6 Å². The molecule has 0 saturated heterocycles. The van der Waals surface area contributed by atoms with Crippen LogP contribution in [0.5, 0.6) is 17.2 Å². The Bertz CT molecular complexity index is 1510. The number of nitrogens with zero attached hydrogens (tertiary/aromatic N) is 1. The first-order valence-corrected chi connectivity index (χ1v) is 11.6. The van der Waals surface area contributed by atoms with Crippen LogP contribution in [0, 0.1) is 0 Å². The van der Waals surface area contributed by atoms with Gasteiger partial charge in [-0.2, -0.15) is 13.2 Å². The predicted octanol–water partition coefficient (Wildman–Crippen LogP) is 5.89. The first-order chi connectivity index (χ1) is 17.8. The lowest BCUT2D eigenvalue weighted by molar-refractivity contribution is -0.152. The van der Waals surface area contributed by atoms with Gasteiger partial charge in [0, 0.05) is 18.7 Å². The number of fused-ring (bicyclic) bond motifs is 3. The van der Waals surface area contributed by atoms with Crippen molar-refractivity contribution < 1.29 is 31.8 Å². The van der Waals surface area contributed by atoms with E-state index in [2.05, 4.69) is 0 Å². The van der Waals surface area contributed by atoms with E-state index < -0.39 is 22.9 Å². The van der Waals surface area contributed by atoms with Gasteiger partial charge in [0.05, 0.1) is 30.7 Å². The second-order valence-corrected chi connectivity index (χ2v) is 8.64. The Labute approximate surface area is 210 Å². The summed E-state index contributed by atoms with van der Waals surface area (Å²) in [7, 11) is 2.94. The van der Waals surface area contributed by atoms with E-state index in [-0.39, 0.29) is 35.6 Å². The molecule has 4 aromatic rings. The van der Waals surface area contributed by atoms with Crippen molar-refractivity contribution in [3.63, 3.8) is 0 Å². The van der Waals surface area contributed by atoms with E-state index in [1.807, 2.05) is 29.2 Å². The van der Waals surface area contributed by atoms with E-state index in [0.717, 1.165) is 11.3 Å². The fraction of sp³-hybridized carbons (Fsp3) is 0.250. The monoisotopic (exact) mass is 511 g/mol. The van der Waals surface area contributed by atoms with Crippen molar-refractivity contribution in [1.82, 2.24) is 4.90 Å². The van der Waals surface area contributed by atoms with Crippen LogP contribution in [0.4, 0.5) is 13.2 Å². The van der Waals surface area contributed by atoms with Crippen molar-refractivity contribution in [2.75, 3.05) is 27.5 Å². The third kappa shape index (κ3) is 4.62. The van der Waals surface area contributed by atoms with Gasteiger partial charge in [-0.05, 0) is 36.2 Å². The molecular weight excluding hydrogens is 487 g/mol. The maximum Gasteiger partial charge on any atom is 0.450 e. The minimum Gasteiger partial charge on any atom is -0.496 e. The molecule has 0 unspecified atom stereocenters. The second kappa shape index (κ2) is 9.82. The van der Waals surface area contributed by atoms with Crippen LogP contribution in [-0.4, -0.2) is 32.4 Å². The normalized spacial score (nSPS) is 13.8. The Morgan fingerprint density at radius 3 is 2.38 bits per heavy atom. The Kier molecular flexibility index (Phi) is 6.55. The largest absolute Gasteiger partial charge is 0.496 e. The van der Waals surface area contributed by atoms with Crippen molar-refractivity contribution >= 4 is 11.0 Å². The average molecular weight is 511 g/mol. The summed E-state index contributed by atoms with van der Waals surface area (Å²) in [4.78, 5) is 15.5. The first-order valence-electron chi connectivity index (χ1n) is 11.6.